The van der Waals surface area contributed by atoms with Crippen molar-refractivity contribution < 1.29 is 13.9 Å². The fourth-order valence-electron chi connectivity index (χ4n) is 1.36. The van der Waals surface area contributed by atoms with Crippen LogP contribution >= 0.6 is 0 Å². The summed E-state index contributed by atoms with van der Waals surface area (Å²) < 4.78 is 10.3. The number of hydrogen-bond donors (Lipinski definition) is 1. The van der Waals surface area contributed by atoms with Crippen molar-refractivity contribution in [2.45, 2.75) is 26.0 Å². The van der Waals surface area contributed by atoms with Crippen LogP contribution in [0.15, 0.2) is 16.5 Å². The maximum atomic E-state index is 10.5. The van der Waals surface area contributed by atoms with Gasteiger partial charge in [0.2, 0.25) is 0 Å². The van der Waals surface area contributed by atoms with Crippen LogP contribution in [0, 0.1) is 0 Å². The number of carbonyl (C=O) groups is 1. The van der Waals surface area contributed by atoms with Gasteiger partial charge >= 0.3 is 5.97 Å². The highest BCUT2D eigenvalue weighted by molar-refractivity contribution is 5.65. The van der Waals surface area contributed by atoms with E-state index in [-0.39, 0.29) is 12.6 Å². The van der Waals surface area contributed by atoms with Gasteiger partial charge in [-0.2, -0.15) is 0 Å². The molecular weight excluding hydrogens is 182 g/mol. The maximum absolute atomic E-state index is 10.5. The summed E-state index contributed by atoms with van der Waals surface area (Å²) >= 11 is 0. The molecule has 0 amide bonds. The Morgan fingerprint density at radius 1 is 1.71 bits per heavy atom. The summed E-state index contributed by atoms with van der Waals surface area (Å²) in [4.78, 5) is 10.5. The van der Waals surface area contributed by atoms with Crippen LogP contribution in [-0.2, 0) is 16.1 Å². The van der Waals surface area contributed by atoms with E-state index in [1.807, 2.05) is 12.1 Å². The summed E-state index contributed by atoms with van der Waals surface area (Å²) in [6.07, 6.45) is 1.11. The van der Waals surface area contributed by atoms with E-state index in [1.165, 1.54) is 6.92 Å². The lowest BCUT2D eigenvalue weighted by Gasteiger charge is -2.25. The number of furan rings is 1. The van der Waals surface area contributed by atoms with Crippen LogP contribution in [0.1, 0.15) is 30.9 Å². The number of nitrogens with one attached hydrogen (secondary N) is 1. The molecule has 2 heterocycles. The van der Waals surface area contributed by atoms with Crippen LogP contribution in [0.25, 0.3) is 0 Å². The van der Waals surface area contributed by atoms with Crippen molar-refractivity contribution >= 4 is 5.97 Å². The molecule has 1 unspecified atom stereocenters. The van der Waals surface area contributed by atoms with Gasteiger partial charge in [0.15, 0.2) is 0 Å². The van der Waals surface area contributed by atoms with Crippen LogP contribution in [0.3, 0.4) is 0 Å². The second kappa shape index (κ2) is 3.84. The first-order chi connectivity index (χ1) is 6.75. The zero-order valence-corrected chi connectivity index (χ0v) is 8.08. The Morgan fingerprint density at radius 2 is 2.50 bits per heavy atom. The van der Waals surface area contributed by atoms with Gasteiger partial charge in [-0.05, 0) is 25.1 Å². The Balaban J connectivity index is 1.92. The highest BCUT2D eigenvalue weighted by Crippen LogP contribution is 2.24. The van der Waals surface area contributed by atoms with Crippen molar-refractivity contribution in [2.75, 3.05) is 6.54 Å². The quantitative estimate of drug-likeness (QED) is 0.740. The van der Waals surface area contributed by atoms with E-state index >= 15 is 0 Å². The smallest absolute Gasteiger partial charge is 0.303 e. The molecule has 0 aliphatic carbocycles. The molecular formula is C10H13NO3. The predicted molar refractivity (Wildman–Crippen MR) is 49.5 cm³/mol. The van der Waals surface area contributed by atoms with Crippen molar-refractivity contribution in [2.24, 2.45) is 0 Å². The number of esters is 1. The SMILES string of the molecule is CC(=O)OCc1ccc(C2CCN2)o1. The molecule has 0 saturated carbocycles. The van der Waals surface area contributed by atoms with Crippen molar-refractivity contribution in [3.8, 4) is 0 Å². The Morgan fingerprint density at radius 3 is 3.07 bits per heavy atom. The molecule has 0 spiro atoms. The molecule has 0 bridgehead atoms. The number of carbonyl (C=O) groups excluding carboxylic acids is 1. The van der Waals surface area contributed by atoms with E-state index in [0.717, 1.165) is 18.7 Å². The molecule has 14 heavy (non-hydrogen) atoms. The summed E-state index contributed by atoms with van der Waals surface area (Å²) in [7, 11) is 0. The average Bonchev–Trinajstić information content (AvgIpc) is 2.46. The second-order valence-electron chi connectivity index (χ2n) is 3.38. The fraction of sp³-hybridized carbons (Fsp3) is 0.500. The molecule has 1 fully saturated rings. The van der Waals surface area contributed by atoms with Crippen LogP contribution in [0.2, 0.25) is 0 Å². The topological polar surface area (TPSA) is 51.5 Å². The highest BCUT2D eigenvalue weighted by Gasteiger charge is 2.21. The van der Waals surface area contributed by atoms with Crippen molar-refractivity contribution in [3.05, 3.63) is 23.7 Å². The van der Waals surface area contributed by atoms with Gasteiger partial charge in [-0.1, -0.05) is 0 Å². The van der Waals surface area contributed by atoms with E-state index in [0.29, 0.717) is 11.8 Å². The van der Waals surface area contributed by atoms with E-state index in [4.69, 9.17) is 9.15 Å². The zero-order chi connectivity index (χ0) is 9.97. The van der Waals surface area contributed by atoms with Crippen LogP contribution in [-0.4, -0.2) is 12.5 Å². The first-order valence-corrected chi connectivity index (χ1v) is 4.71. The largest absolute Gasteiger partial charge is 0.461 e. The Bertz CT molecular complexity index is 328. The van der Waals surface area contributed by atoms with Gasteiger partial charge < -0.3 is 14.5 Å². The minimum atomic E-state index is -0.287. The molecule has 1 N–H and O–H groups in total. The monoisotopic (exact) mass is 195 g/mol. The molecule has 1 saturated heterocycles. The van der Waals surface area contributed by atoms with Gasteiger partial charge in [0.1, 0.15) is 18.1 Å². The van der Waals surface area contributed by atoms with Crippen molar-refractivity contribution in [1.29, 1.82) is 0 Å². The molecule has 0 aromatic carbocycles. The third-order valence-electron chi connectivity index (χ3n) is 2.27. The molecule has 4 heteroatoms. The molecule has 0 radical (unpaired) electrons. The number of ether oxygens (including phenoxy) is 1. The minimum absolute atomic E-state index is 0.224. The van der Waals surface area contributed by atoms with Crippen molar-refractivity contribution in [3.63, 3.8) is 0 Å². The minimum Gasteiger partial charge on any atom is -0.461 e. The Kier molecular flexibility index (Phi) is 2.54. The fourth-order valence-corrected chi connectivity index (χ4v) is 1.36. The molecule has 1 aromatic heterocycles. The third-order valence-corrected chi connectivity index (χ3v) is 2.27. The molecule has 1 atom stereocenters. The van der Waals surface area contributed by atoms with Gasteiger partial charge in [-0.25, -0.2) is 0 Å². The number of hydrogen-bond acceptors (Lipinski definition) is 4. The molecule has 1 aliphatic heterocycles. The third kappa shape index (κ3) is 1.96. The van der Waals surface area contributed by atoms with E-state index in [2.05, 4.69) is 5.32 Å². The molecule has 2 rings (SSSR count). The standard InChI is InChI=1S/C10H13NO3/c1-7(12)13-6-8-2-3-10(14-8)9-4-5-11-9/h2-3,9,11H,4-6H2,1H3. The lowest BCUT2D eigenvalue weighted by atomic mass is 10.1. The lowest BCUT2D eigenvalue weighted by molar-refractivity contribution is -0.142. The predicted octanol–water partition coefficient (Wildman–Crippen LogP) is 1.38. The van der Waals surface area contributed by atoms with Gasteiger partial charge in [-0.15, -0.1) is 0 Å². The van der Waals surface area contributed by atoms with E-state index < -0.39 is 0 Å². The Labute approximate surface area is 82.2 Å². The molecule has 1 aromatic rings. The van der Waals surface area contributed by atoms with E-state index in [9.17, 15) is 4.79 Å². The first-order valence-electron chi connectivity index (χ1n) is 4.71. The van der Waals surface area contributed by atoms with Gasteiger partial charge in [0, 0.05) is 6.92 Å². The van der Waals surface area contributed by atoms with Crippen LogP contribution < -0.4 is 5.32 Å². The molecule has 4 nitrogen and oxygen atoms in total. The molecule has 1 aliphatic rings. The second-order valence-corrected chi connectivity index (χ2v) is 3.38. The summed E-state index contributed by atoms with van der Waals surface area (Å²) in [5.41, 5.74) is 0. The first kappa shape index (κ1) is 9.27. The molecule has 76 valence electrons. The Hall–Kier alpha value is -1.29. The van der Waals surface area contributed by atoms with Crippen LogP contribution in [0.4, 0.5) is 0 Å². The van der Waals surface area contributed by atoms with Crippen LogP contribution in [0.5, 0.6) is 0 Å². The summed E-state index contributed by atoms with van der Waals surface area (Å²) in [6.45, 7) is 2.66. The van der Waals surface area contributed by atoms with Gasteiger partial charge in [0.25, 0.3) is 0 Å². The van der Waals surface area contributed by atoms with E-state index in [1.54, 1.807) is 0 Å². The average molecular weight is 195 g/mol. The van der Waals surface area contributed by atoms with Crippen molar-refractivity contribution in [1.82, 2.24) is 5.32 Å². The lowest BCUT2D eigenvalue weighted by Crippen LogP contribution is -2.34. The van der Waals surface area contributed by atoms with Gasteiger partial charge in [-0.3, -0.25) is 4.79 Å². The maximum Gasteiger partial charge on any atom is 0.303 e. The number of rotatable bonds is 3. The zero-order valence-electron chi connectivity index (χ0n) is 8.08. The summed E-state index contributed by atoms with van der Waals surface area (Å²) in [5.74, 6) is 1.34. The summed E-state index contributed by atoms with van der Waals surface area (Å²) in [6, 6.07) is 4.12. The normalized spacial score (nSPS) is 20.2. The van der Waals surface area contributed by atoms with Gasteiger partial charge in [0.05, 0.1) is 6.04 Å². The summed E-state index contributed by atoms with van der Waals surface area (Å²) in [5, 5.41) is 3.24. The highest BCUT2D eigenvalue weighted by atomic mass is 16.5.